The third-order valence-electron chi connectivity index (χ3n) is 4.52. The Bertz CT molecular complexity index is 924. The summed E-state index contributed by atoms with van der Waals surface area (Å²) < 4.78 is 27.4. The van der Waals surface area contributed by atoms with E-state index in [2.05, 4.69) is 5.32 Å². The van der Waals surface area contributed by atoms with Crippen molar-refractivity contribution in [2.75, 3.05) is 18.4 Å². The molecule has 5 nitrogen and oxygen atoms in total. The number of carbonyl (C=O) groups is 1. The predicted molar refractivity (Wildman–Crippen MR) is 105 cm³/mol. The highest BCUT2D eigenvalue weighted by Gasteiger charge is 2.34. The van der Waals surface area contributed by atoms with Crippen molar-refractivity contribution < 1.29 is 13.2 Å². The molecular weight excluding hydrogens is 392 g/mol. The fourth-order valence-corrected chi connectivity index (χ4v) is 6.15. The number of hydrogen-bond acceptors (Lipinski definition) is 4. The summed E-state index contributed by atoms with van der Waals surface area (Å²) in [4.78, 5) is 13.6. The highest BCUT2D eigenvalue weighted by Crippen LogP contribution is 2.29. The van der Waals surface area contributed by atoms with Crippen molar-refractivity contribution in [1.29, 1.82) is 0 Å². The van der Waals surface area contributed by atoms with Crippen LogP contribution in [0.1, 0.15) is 23.3 Å². The Balaban J connectivity index is 1.74. The Morgan fingerprint density at radius 3 is 2.73 bits per heavy atom. The molecule has 26 heavy (non-hydrogen) atoms. The van der Waals surface area contributed by atoms with Gasteiger partial charge in [0.25, 0.3) is 10.0 Å². The summed E-state index contributed by atoms with van der Waals surface area (Å²) in [6, 6.07) is 8.75. The maximum absolute atomic E-state index is 12.8. The molecule has 0 saturated carbocycles. The van der Waals surface area contributed by atoms with Gasteiger partial charge < -0.3 is 5.32 Å². The largest absolute Gasteiger partial charge is 0.326 e. The molecule has 8 heteroatoms. The Labute approximate surface area is 163 Å². The maximum Gasteiger partial charge on any atom is 0.252 e. The minimum atomic E-state index is -3.54. The topological polar surface area (TPSA) is 66.5 Å². The third kappa shape index (κ3) is 4.11. The lowest BCUT2D eigenvalue weighted by atomic mass is 9.98. The molecule has 0 spiro atoms. The molecule has 0 radical (unpaired) electrons. The van der Waals surface area contributed by atoms with Gasteiger partial charge in [0.1, 0.15) is 4.21 Å². The van der Waals surface area contributed by atoms with Gasteiger partial charge in [0, 0.05) is 28.7 Å². The predicted octanol–water partition coefficient (Wildman–Crippen LogP) is 4.06. The van der Waals surface area contributed by atoms with Crippen LogP contribution in [-0.4, -0.2) is 31.7 Å². The number of nitrogens with zero attached hydrogens (tertiary/aromatic N) is 1. The maximum atomic E-state index is 12.8. The summed E-state index contributed by atoms with van der Waals surface area (Å²) in [6.45, 7) is 4.41. The van der Waals surface area contributed by atoms with E-state index in [9.17, 15) is 13.2 Å². The minimum Gasteiger partial charge on any atom is -0.326 e. The highest BCUT2D eigenvalue weighted by atomic mass is 35.5. The fourth-order valence-electron chi connectivity index (χ4n) is 3.02. The van der Waals surface area contributed by atoms with Gasteiger partial charge in [-0.05, 0) is 56.5 Å². The van der Waals surface area contributed by atoms with Crippen molar-refractivity contribution in [3.05, 3.63) is 45.8 Å². The first-order valence-electron chi connectivity index (χ1n) is 8.41. The van der Waals surface area contributed by atoms with Crippen molar-refractivity contribution in [3.63, 3.8) is 0 Å². The number of rotatable bonds is 4. The second-order valence-corrected chi connectivity index (χ2v) is 10.4. The molecule has 1 aliphatic heterocycles. The molecule has 1 aromatic carbocycles. The van der Waals surface area contributed by atoms with E-state index in [0.29, 0.717) is 34.3 Å². The number of anilines is 1. The number of hydrogen-bond donors (Lipinski definition) is 1. The zero-order valence-electron chi connectivity index (χ0n) is 14.7. The van der Waals surface area contributed by atoms with Gasteiger partial charge in [-0.1, -0.05) is 17.7 Å². The molecule has 0 aliphatic carbocycles. The van der Waals surface area contributed by atoms with Crippen LogP contribution in [0.2, 0.25) is 5.02 Å². The molecule has 1 unspecified atom stereocenters. The smallest absolute Gasteiger partial charge is 0.252 e. The van der Waals surface area contributed by atoms with Crippen molar-refractivity contribution in [2.24, 2.45) is 5.92 Å². The molecule has 3 rings (SSSR count). The first-order chi connectivity index (χ1) is 12.3. The van der Waals surface area contributed by atoms with E-state index in [1.54, 1.807) is 24.3 Å². The number of amides is 1. The average molecular weight is 413 g/mol. The van der Waals surface area contributed by atoms with Gasteiger partial charge in [-0.15, -0.1) is 11.3 Å². The van der Waals surface area contributed by atoms with E-state index in [1.807, 2.05) is 19.9 Å². The Hall–Kier alpha value is -1.41. The molecule has 1 saturated heterocycles. The quantitative estimate of drug-likeness (QED) is 0.823. The fraction of sp³-hybridized carbons (Fsp3) is 0.389. The zero-order valence-corrected chi connectivity index (χ0v) is 17.0. The van der Waals surface area contributed by atoms with Crippen molar-refractivity contribution in [3.8, 4) is 0 Å². The molecule has 1 N–H and O–H groups in total. The number of thiophene rings is 1. The standard InChI is InChI=1S/C18H21ClN2O3S2/c1-12-5-7-15(19)10-16(12)20-18(22)14-4-3-9-21(11-14)26(23,24)17-8-6-13(2)25-17/h5-8,10,14H,3-4,9,11H2,1-2H3,(H,20,22). The van der Waals surface area contributed by atoms with Crippen LogP contribution < -0.4 is 5.32 Å². The number of nitrogens with one attached hydrogen (secondary N) is 1. The second-order valence-electron chi connectivity index (χ2n) is 6.52. The number of sulfonamides is 1. The van der Waals surface area contributed by atoms with Crippen LogP contribution in [0.15, 0.2) is 34.5 Å². The monoisotopic (exact) mass is 412 g/mol. The third-order valence-corrected chi connectivity index (χ3v) is 8.09. The molecule has 1 fully saturated rings. The molecule has 2 aromatic rings. The van der Waals surface area contributed by atoms with Crippen molar-refractivity contribution in [1.82, 2.24) is 4.31 Å². The lowest BCUT2D eigenvalue weighted by Crippen LogP contribution is -2.43. The molecule has 2 heterocycles. The van der Waals surface area contributed by atoms with Crippen LogP contribution in [0.3, 0.4) is 0 Å². The number of piperidine rings is 1. The van der Waals surface area contributed by atoms with Crippen LogP contribution in [0, 0.1) is 19.8 Å². The summed E-state index contributed by atoms with van der Waals surface area (Å²) in [5.41, 5.74) is 1.58. The number of benzene rings is 1. The van der Waals surface area contributed by atoms with E-state index in [4.69, 9.17) is 11.6 Å². The van der Waals surface area contributed by atoms with Crippen LogP contribution in [0.25, 0.3) is 0 Å². The SMILES string of the molecule is Cc1ccc(S(=O)(=O)N2CCCC(C(=O)Nc3cc(Cl)ccc3C)C2)s1. The Morgan fingerprint density at radius 1 is 1.27 bits per heavy atom. The van der Waals surface area contributed by atoms with E-state index < -0.39 is 10.0 Å². The average Bonchev–Trinajstić information content (AvgIpc) is 3.05. The first kappa shape index (κ1) is 19.4. The number of aryl methyl sites for hydroxylation is 2. The van der Waals surface area contributed by atoms with Gasteiger partial charge in [-0.25, -0.2) is 8.42 Å². The van der Waals surface area contributed by atoms with Gasteiger partial charge in [-0.2, -0.15) is 4.31 Å². The van der Waals surface area contributed by atoms with E-state index in [0.717, 1.165) is 10.4 Å². The van der Waals surface area contributed by atoms with Crippen LogP contribution in [-0.2, 0) is 14.8 Å². The van der Waals surface area contributed by atoms with Crippen molar-refractivity contribution >= 4 is 44.6 Å². The Kier molecular flexibility index (Phi) is 5.72. The molecule has 1 aliphatic rings. The molecular formula is C18H21ClN2O3S2. The number of halogens is 1. The molecule has 1 atom stereocenters. The van der Waals surface area contributed by atoms with Crippen LogP contribution >= 0.6 is 22.9 Å². The second kappa shape index (κ2) is 7.68. The summed E-state index contributed by atoms with van der Waals surface area (Å²) in [7, 11) is -3.54. The molecule has 140 valence electrons. The normalized spacial score (nSPS) is 18.7. The van der Waals surface area contributed by atoms with Crippen LogP contribution in [0.4, 0.5) is 5.69 Å². The summed E-state index contributed by atoms with van der Waals surface area (Å²) >= 11 is 7.26. The van der Waals surface area contributed by atoms with Gasteiger partial charge in [-0.3, -0.25) is 4.79 Å². The molecule has 1 amide bonds. The van der Waals surface area contributed by atoms with Crippen molar-refractivity contribution in [2.45, 2.75) is 30.9 Å². The van der Waals surface area contributed by atoms with E-state index in [-0.39, 0.29) is 18.4 Å². The Morgan fingerprint density at radius 2 is 2.04 bits per heavy atom. The first-order valence-corrected chi connectivity index (χ1v) is 11.0. The summed E-state index contributed by atoms with van der Waals surface area (Å²) in [5.74, 6) is -0.546. The lowest BCUT2D eigenvalue weighted by Gasteiger charge is -2.31. The molecule has 0 bridgehead atoms. The highest BCUT2D eigenvalue weighted by molar-refractivity contribution is 7.91. The zero-order chi connectivity index (χ0) is 18.9. The van der Waals surface area contributed by atoms with Crippen LogP contribution in [0.5, 0.6) is 0 Å². The van der Waals surface area contributed by atoms with E-state index in [1.165, 1.54) is 15.6 Å². The van der Waals surface area contributed by atoms with Gasteiger partial charge in [0.2, 0.25) is 5.91 Å². The minimum absolute atomic E-state index is 0.169. The van der Waals surface area contributed by atoms with E-state index >= 15 is 0 Å². The molecule has 1 aromatic heterocycles. The lowest BCUT2D eigenvalue weighted by molar-refractivity contribution is -0.120. The van der Waals surface area contributed by atoms with Gasteiger partial charge >= 0.3 is 0 Å². The van der Waals surface area contributed by atoms with Gasteiger partial charge in [0.05, 0.1) is 5.92 Å². The summed E-state index contributed by atoms with van der Waals surface area (Å²) in [5, 5.41) is 3.44. The summed E-state index contributed by atoms with van der Waals surface area (Å²) in [6.07, 6.45) is 1.33. The number of carbonyl (C=O) groups excluding carboxylic acids is 1. The van der Waals surface area contributed by atoms with Gasteiger partial charge in [0.15, 0.2) is 0 Å².